The van der Waals surface area contributed by atoms with E-state index in [0.717, 1.165) is 38.5 Å². The van der Waals surface area contributed by atoms with Crippen molar-refractivity contribution in [1.29, 1.82) is 0 Å². The molecule has 0 aliphatic heterocycles. The van der Waals surface area contributed by atoms with E-state index >= 15 is 0 Å². The average molecular weight is 438 g/mol. The van der Waals surface area contributed by atoms with Gasteiger partial charge in [-0.25, -0.2) is 0 Å². The van der Waals surface area contributed by atoms with Gasteiger partial charge in [0.25, 0.3) is 0 Å². The lowest BCUT2D eigenvalue weighted by Gasteiger charge is -2.14. The van der Waals surface area contributed by atoms with E-state index in [9.17, 15) is 4.79 Å². The number of carbonyl (C=O) groups is 1. The Labute approximate surface area is 196 Å². The average Bonchev–Trinajstić information content (AvgIpc) is 2.78. The first-order valence-corrected chi connectivity index (χ1v) is 14.5. The van der Waals surface area contributed by atoms with Gasteiger partial charge in [0.1, 0.15) is 5.78 Å². The van der Waals surface area contributed by atoms with E-state index in [0.29, 0.717) is 12.3 Å². The smallest absolute Gasteiger partial charge is 0.135 e. The normalized spacial score (nSPS) is 12.4. The van der Waals surface area contributed by atoms with Crippen LogP contribution < -0.4 is 5.73 Å². The number of rotatable bonds is 26. The van der Waals surface area contributed by atoms with Crippen molar-refractivity contribution in [1.82, 2.24) is 0 Å². The van der Waals surface area contributed by atoms with Crippen LogP contribution in [0.2, 0.25) is 0 Å². The third-order valence-electron chi connectivity index (χ3n) is 6.88. The topological polar surface area (TPSA) is 43.1 Å². The summed E-state index contributed by atoms with van der Waals surface area (Å²) in [5.41, 5.74) is 5.61. The van der Waals surface area contributed by atoms with E-state index in [2.05, 4.69) is 13.8 Å². The summed E-state index contributed by atoms with van der Waals surface area (Å²) >= 11 is 0. The fraction of sp³-hybridized carbons (Fsp3) is 0.966. The molecule has 0 bridgehead atoms. The Kier molecular flexibility index (Phi) is 25.6. The summed E-state index contributed by atoms with van der Waals surface area (Å²) in [5.74, 6) is 0.784. The molecule has 2 nitrogen and oxygen atoms in total. The summed E-state index contributed by atoms with van der Waals surface area (Å²) in [5, 5.41) is 0. The Bertz CT molecular complexity index is 355. The van der Waals surface area contributed by atoms with Gasteiger partial charge in [0.05, 0.1) is 0 Å². The second kappa shape index (κ2) is 25.9. The van der Waals surface area contributed by atoms with Gasteiger partial charge in [-0.2, -0.15) is 0 Å². The van der Waals surface area contributed by atoms with E-state index in [-0.39, 0.29) is 5.92 Å². The SMILES string of the molecule is CCCCCCCCCCCCCCCCCCCCCC(=O)C(CCC)CCCN. The highest BCUT2D eigenvalue weighted by Gasteiger charge is 2.16. The first-order chi connectivity index (χ1) is 15.3. The van der Waals surface area contributed by atoms with Crippen molar-refractivity contribution in [3.05, 3.63) is 0 Å². The second-order valence-electron chi connectivity index (χ2n) is 10.00. The first-order valence-electron chi connectivity index (χ1n) is 14.5. The number of ketones is 1. The van der Waals surface area contributed by atoms with Gasteiger partial charge >= 0.3 is 0 Å². The molecule has 31 heavy (non-hydrogen) atoms. The van der Waals surface area contributed by atoms with Crippen LogP contribution in [0.1, 0.15) is 168 Å². The van der Waals surface area contributed by atoms with E-state index in [4.69, 9.17) is 5.73 Å². The number of Topliss-reactive ketones (excluding diaryl/α,β-unsaturated/α-hetero) is 1. The lowest BCUT2D eigenvalue weighted by Crippen LogP contribution is -2.16. The molecule has 0 amide bonds. The van der Waals surface area contributed by atoms with E-state index < -0.39 is 0 Å². The molecule has 0 rings (SSSR count). The summed E-state index contributed by atoms with van der Waals surface area (Å²) in [6.07, 6.45) is 31.5. The summed E-state index contributed by atoms with van der Waals surface area (Å²) in [6, 6.07) is 0. The Balaban J connectivity index is 3.28. The molecule has 0 radical (unpaired) electrons. The largest absolute Gasteiger partial charge is 0.330 e. The van der Waals surface area contributed by atoms with Crippen LogP contribution in [0.3, 0.4) is 0 Å². The van der Waals surface area contributed by atoms with Gasteiger partial charge in [0.2, 0.25) is 0 Å². The van der Waals surface area contributed by atoms with E-state index in [1.54, 1.807) is 0 Å². The Morgan fingerprint density at radius 1 is 0.516 bits per heavy atom. The van der Waals surface area contributed by atoms with Gasteiger partial charge in [0.15, 0.2) is 0 Å². The molecule has 0 aliphatic carbocycles. The fourth-order valence-corrected chi connectivity index (χ4v) is 4.76. The number of unbranched alkanes of at least 4 members (excludes halogenated alkanes) is 18. The minimum absolute atomic E-state index is 0.282. The second-order valence-corrected chi connectivity index (χ2v) is 10.00. The maximum absolute atomic E-state index is 12.4. The van der Waals surface area contributed by atoms with Crippen LogP contribution in [0, 0.1) is 5.92 Å². The molecular weight excluding hydrogens is 378 g/mol. The van der Waals surface area contributed by atoms with Gasteiger partial charge in [-0.05, 0) is 32.2 Å². The molecule has 186 valence electrons. The predicted octanol–water partition coefficient (Wildman–Crippen LogP) is 9.53. The molecule has 2 heteroatoms. The van der Waals surface area contributed by atoms with Crippen molar-refractivity contribution in [3.63, 3.8) is 0 Å². The minimum atomic E-state index is 0.282. The van der Waals surface area contributed by atoms with Crippen LogP contribution in [-0.4, -0.2) is 12.3 Å². The number of carbonyl (C=O) groups excluding carboxylic acids is 1. The van der Waals surface area contributed by atoms with Gasteiger partial charge in [0, 0.05) is 12.3 Å². The van der Waals surface area contributed by atoms with Gasteiger partial charge in [-0.1, -0.05) is 136 Å². The Hall–Kier alpha value is -0.370. The molecule has 0 aromatic heterocycles. The van der Waals surface area contributed by atoms with Crippen molar-refractivity contribution >= 4 is 5.78 Å². The zero-order valence-electron chi connectivity index (χ0n) is 21.7. The van der Waals surface area contributed by atoms with Gasteiger partial charge in [-0.3, -0.25) is 4.79 Å². The standard InChI is InChI=1S/C29H59NO/c1-3-5-6-7-8-9-10-11-12-13-14-15-16-17-18-19-20-21-22-26-29(31)28(24-4-2)25-23-27-30/h28H,3-27,30H2,1-2H3. The Morgan fingerprint density at radius 3 is 1.26 bits per heavy atom. The molecule has 2 N–H and O–H groups in total. The zero-order valence-corrected chi connectivity index (χ0v) is 21.7. The van der Waals surface area contributed by atoms with E-state index in [1.807, 2.05) is 0 Å². The van der Waals surface area contributed by atoms with Gasteiger partial charge in [-0.15, -0.1) is 0 Å². The lowest BCUT2D eigenvalue weighted by atomic mass is 9.90. The van der Waals surface area contributed by atoms with Crippen molar-refractivity contribution in [3.8, 4) is 0 Å². The predicted molar refractivity (Wildman–Crippen MR) is 140 cm³/mol. The highest BCUT2D eigenvalue weighted by molar-refractivity contribution is 5.80. The quantitative estimate of drug-likeness (QED) is 0.137. The van der Waals surface area contributed by atoms with Crippen LogP contribution in [0.4, 0.5) is 0 Å². The van der Waals surface area contributed by atoms with Crippen molar-refractivity contribution in [2.24, 2.45) is 11.7 Å². The molecule has 0 fully saturated rings. The molecule has 0 aliphatic rings. The lowest BCUT2D eigenvalue weighted by molar-refractivity contribution is -0.123. The summed E-state index contributed by atoms with van der Waals surface area (Å²) in [7, 11) is 0. The summed E-state index contributed by atoms with van der Waals surface area (Å²) < 4.78 is 0. The van der Waals surface area contributed by atoms with Crippen LogP contribution in [0.15, 0.2) is 0 Å². The third-order valence-corrected chi connectivity index (χ3v) is 6.88. The summed E-state index contributed by atoms with van der Waals surface area (Å²) in [4.78, 5) is 12.4. The fourth-order valence-electron chi connectivity index (χ4n) is 4.76. The molecule has 0 spiro atoms. The molecule has 0 aromatic rings. The molecule has 0 aromatic carbocycles. The maximum Gasteiger partial charge on any atom is 0.135 e. The Morgan fingerprint density at radius 2 is 0.903 bits per heavy atom. The highest BCUT2D eigenvalue weighted by Crippen LogP contribution is 2.19. The molecule has 1 unspecified atom stereocenters. The highest BCUT2D eigenvalue weighted by atomic mass is 16.1. The van der Waals surface area contributed by atoms with Crippen LogP contribution >= 0.6 is 0 Å². The molecule has 0 heterocycles. The first kappa shape index (κ1) is 30.6. The van der Waals surface area contributed by atoms with Crippen molar-refractivity contribution in [2.75, 3.05) is 6.54 Å². The minimum Gasteiger partial charge on any atom is -0.330 e. The zero-order chi connectivity index (χ0) is 22.8. The molecular formula is C29H59NO. The monoisotopic (exact) mass is 437 g/mol. The molecule has 0 saturated heterocycles. The summed E-state index contributed by atoms with van der Waals surface area (Å²) in [6.45, 7) is 5.19. The van der Waals surface area contributed by atoms with Crippen molar-refractivity contribution in [2.45, 2.75) is 168 Å². The van der Waals surface area contributed by atoms with Crippen LogP contribution in [0.25, 0.3) is 0 Å². The van der Waals surface area contributed by atoms with Crippen molar-refractivity contribution < 1.29 is 4.79 Å². The number of nitrogens with two attached hydrogens (primary N) is 1. The van der Waals surface area contributed by atoms with Crippen LogP contribution in [0.5, 0.6) is 0 Å². The number of hydrogen-bond donors (Lipinski definition) is 1. The number of hydrogen-bond acceptors (Lipinski definition) is 2. The third kappa shape index (κ3) is 22.6. The van der Waals surface area contributed by atoms with Crippen LogP contribution in [-0.2, 0) is 4.79 Å². The molecule has 0 saturated carbocycles. The van der Waals surface area contributed by atoms with E-state index in [1.165, 1.54) is 116 Å². The maximum atomic E-state index is 12.4. The molecule has 1 atom stereocenters. The van der Waals surface area contributed by atoms with Gasteiger partial charge < -0.3 is 5.73 Å².